The van der Waals surface area contributed by atoms with Crippen LogP contribution in [0.5, 0.6) is 0 Å². The van der Waals surface area contributed by atoms with Crippen molar-refractivity contribution < 1.29 is 0 Å². The van der Waals surface area contributed by atoms with Gasteiger partial charge < -0.3 is 5.32 Å². The maximum atomic E-state index is 5.03. The lowest BCUT2D eigenvalue weighted by Gasteiger charge is -2.20. The molecule has 0 radical (unpaired) electrons. The SMILES string of the molecule is Brc1ccc(C2=NC(c3ccc(Br)cc3)C(c3ccc(Br)cc3)N2)cc1. The molecule has 5 heteroatoms. The van der Waals surface area contributed by atoms with E-state index in [0.29, 0.717) is 0 Å². The fraction of sp³-hybridized carbons (Fsp3) is 0.0952. The topological polar surface area (TPSA) is 24.4 Å². The molecular weight excluding hydrogens is 520 g/mol. The fourth-order valence-electron chi connectivity index (χ4n) is 3.11. The van der Waals surface area contributed by atoms with Crippen LogP contribution in [0, 0.1) is 0 Å². The summed E-state index contributed by atoms with van der Waals surface area (Å²) in [6, 6.07) is 25.2. The van der Waals surface area contributed by atoms with Gasteiger partial charge in [0.05, 0.1) is 6.04 Å². The zero-order valence-electron chi connectivity index (χ0n) is 13.7. The maximum Gasteiger partial charge on any atom is 0.129 e. The van der Waals surface area contributed by atoms with Gasteiger partial charge in [-0.3, -0.25) is 4.99 Å². The number of nitrogens with zero attached hydrogens (tertiary/aromatic N) is 1. The number of nitrogens with one attached hydrogen (secondary N) is 1. The summed E-state index contributed by atoms with van der Waals surface area (Å²) in [5.74, 6) is 0.929. The molecule has 1 aliphatic rings. The normalized spacial score (nSPS) is 19.1. The van der Waals surface area contributed by atoms with Crippen molar-refractivity contribution in [2.75, 3.05) is 0 Å². The van der Waals surface area contributed by atoms with E-state index in [-0.39, 0.29) is 12.1 Å². The third-order valence-corrected chi connectivity index (χ3v) is 6.02. The lowest BCUT2D eigenvalue weighted by molar-refractivity contribution is 0.572. The second-order valence-electron chi connectivity index (χ2n) is 6.15. The molecule has 0 bridgehead atoms. The van der Waals surface area contributed by atoms with E-state index in [2.05, 4.69) is 114 Å². The smallest absolute Gasteiger partial charge is 0.129 e. The summed E-state index contributed by atoms with van der Waals surface area (Å²) in [6.45, 7) is 0. The van der Waals surface area contributed by atoms with E-state index in [1.54, 1.807) is 0 Å². The highest BCUT2D eigenvalue weighted by molar-refractivity contribution is 9.11. The van der Waals surface area contributed by atoms with Crippen LogP contribution in [0.15, 0.2) is 91.2 Å². The van der Waals surface area contributed by atoms with E-state index in [1.807, 2.05) is 12.1 Å². The highest BCUT2D eigenvalue weighted by atomic mass is 79.9. The molecule has 0 aromatic heterocycles. The van der Waals surface area contributed by atoms with Crippen LogP contribution in [0.3, 0.4) is 0 Å². The molecule has 1 aliphatic heterocycles. The molecule has 4 rings (SSSR count). The molecule has 130 valence electrons. The molecule has 0 fully saturated rings. The van der Waals surface area contributed by atoms with E-state index in [0.717, 1.165) is 24.8 Å². The van der Waals surface area contributed by atoms with Crippen LogP contribution in [0.2, 0.25) is 0 Å². The molecule has 2 nitrogen and oxygen atoms in total. The predicted molar refractivity (Wildman–Crippen MR) is 118 cm³/mol. The quantitative estimate of drug-likeness (QED) is 0.392. The molecule has 0 aliphatic carbocycles. The maximum absolute atomic E-state index is 5.03. The van der Waals surface area contributed by atoms with Crippen LogP contribution in [-0.4, -0.2) is 5.84 Å². The molecule has 3 aromatic carbocycles. The van der Waals surface area contributed by atoms with Crippen molar-refractivity contribution in [2.24, 2.45) is 4.99 Å². The van der Waals surface area contributed by atoms with Crippen LogP contribution >= 0.6 is 47.8 Å². The largest absolute Gasteiger partial charge is 0.361 e. The number of hydrogen-bond donors (Lipinski definition) is 1. The Morgan fingerprint density at radius 2 is 1.08 bits per heavy atom. The van der Waals surface area contributed by atoms with Crippen molar-refractivity contribution >= 4 is 53.6 Å². The van der Waals surface area contributed by atoms with Crippen LogP contribution < -0.4 is 5.32 Å². The summed E-state index contributed by atoms with van der Waals surface area (Å²) < 4.78 is 3.21. The minimum absolute atomic E-state index is 0.0305. The molecule has 3 aromatic rings. The lowest BCUT2D eigenvalue weighted by atomic mass is 9.95. The summed E-state index contributed by atoms with van der Waals surface area (Å²) in [5.41, 5.74) is 3.51. The predicted octanol–water partition coefficient (Wildman–Crippen LogP) is 6.81. The van der Waals surface area contributed by atoms with Crippen LogP contribution in [0.25, 0.3) is 0 Å². The molecule has 2 atom stereocenters. The van der Waals surface area contributed by atoms with E-state index >= 15 is 0 Å². The fourth-order valence-corrected chi connectivity index (χ4v) is 3.90. The standard InChI is InChI=1S/C21H15Br3N2/c22-16-7-1-13(2-8-16)19-20(14-3-9-17(23)10-4-14)26-21(25-19)15-5-11-18(24)12-6-15/h1-12,19-20H,(H,25,26). The van der Waals surface area contributed by atoms with E-state index in [4.69, 9.17) is 4.99 Å². The van der Waals surface area contributed by atoms with Gasteiger partial charge >= 0.3 is 0 Å². The van der Waals surface area contributed by atoms with Crippen LogP contribution in [0.4, 0.5) is 0 Å². The molecular formula is C21H15Br3N2. The first-order chi connectivity index (χ1) is 12.6. The number of benzene rings is 3. The van der Waals surface area contributed by atoms with Crippen molar-refractivity contribution in [3.05, 3.63) is 103 Å². The van der Waals surface area contributed by atoms with Gasteiger partial charge in [-0.25, -0.2) is 0 Å². The van der Waals surface area contributed by atoms with Crippen molar-refractivity contribution in [1.29, 1.82) is 0 Å². The average molecular weight is 535 g/mol. The van der Waals surface area contributed by atoms with Crippen LogP contribution in [0.1, 0.15) is 28.8 Å². The average Bonchev–Trinajstić information content (AvgIpc) is 3.09. The van der Waals surface area contributed by atoms with Crippen molar-refractivity contribution in [1.82, 2.24) is 5.32 Å². The molecule has 0 amide bonds. The Kier molecular flexibility index (Phi) is 5.30. The second-order valence-corrected chi connectivity index (χ2v) is 8.90. The van der Waals surface area contributed by atoms with Crippen molar-refractivity contribution in [2.45, 2.75) is 12.1 Å². The van der Waals surface area contributed by atoms with Gasteiger partial charge in [0.1, 0.15) is 11.9 Å². The van der Waals surface area contributed by atoms with Gasteiger partial charge in [-0.05, 0) is 47.5 Å². The van der Waals surface area contributed by atoms with Crippen molar-refractivity contribution in [3.63, 3.8) is 0 Å². The minimum atomic E-state index is 0.0305. The molecule has 1 heterocycles. The molecule has 1 N–H and O–H groups in total. The summed E-state index contributed by atoms with van der Waals surface area (Å²) in [4.78, 5) is 5.03. The van der Waals surface area contributed by atoms with Gasteiger partial charge in [0, 0.05) is 19.0 Å². The summed E-state index contributed by atoms with van der Waals surface area (Å²) in [5, 5.41) is 3.63. The third kappa shape index (κ3) is 3.80. The Morgan fingerprint density at radius 3 is 1.62 bits per heavy atom. The number of hydrogen-bond acceptors (Lipinski definition) is 2. The summed E-state index contributed by atoms with van der Waals surface area (Å²) in [6.07, 6.45) is 0. The van der Waals surface area contributed by atoms with Gasteiger partial charge in [0.15, 0.2) is 0 Å². The first-order valence-corrected chi connectivity index (χ1v) is 10.6. The Labute approximate surface area is 178 Å². The molecule has 0 saturated carbocycles. The first kappa shape index (κ1) is 18.0. The van der Waals surface area contributed by atoms with E-state index in [1.165, 1.54) is 11.1 Å². The molecule has 0 spiro atoms. The monoisotopic (exact) mass is 532 g/mol. The van der Waals surface area contributed by atoms with Crippen molar-refractivity contribution in [3.8, 4) is 0 Å². The summed E-state index contributed by atoms with van der Waals surface area (Å²) in [7, 11) is 0. The third-order valence-electron chi connectivity index (χ3n) is 4.43. The highest BCUT2D eigenvalue weighted by Gasteiger charge is 2.31. The zero-order valence-corrected chi connectivity index (χ0v) is 18.4. The summed E-state index contributed by atoms with van der Waals surface area (Å²) >= 11 is 10.5. The van der Waals surface area contributed by atoms with Gasteiger partial charge in [-0.2, -0.15) is 0 Å². The number of rotatable bonds is 3. The molecule has 26 heavy (non-hydrogen) atoms. The Morgan fingerprint density at radius 1 is 0.615 bits per heavy atom. The van der Waals surface area contributed by atoms with Gasteiger partial charge in [-0.1, -0.05) is 84.2 Å². The van der Waals surface area contributed by atoms with E-state index < -0.39 is 0 Å². The Hall–Kier alpha value is -1.43. The lowest BCUT2D eigenvalue weighted by Crippen LogP contribution is -2.25. The Balaban J connectivity index is 1.74. The van der Waals surface area contributed by atoms with Gasteiger partial charge in [0.2, 0.25) is 0 Å². The second kappa shape index (κ2) is 7.67. The van der Waals surface area contributed by atoms with Gasteiger partial charge in [-0.15, -0.1) is 0 Å². The molecule has 2 unspecified atom stereocenters. The first-order valence-electron chi connectivity index (χ1n) is 8.21. The number of aliphatic imine (C=N–C) groups is 1. The number of amidine groups is 1. The van der Waals surface area contributed by atoms with Gasteiger partial charge in [0.25, 0.3) is 0 Å². The highest BCUT2D eigenvalue weighted by Crippen LogP contribution is 2.37. The number of halogens is 3. The minimum Gasteiger partial charge on any atom is -0.361 e. The zero-order chi connectivity index (χ0) is 18.1. The van der Waals surface area contributed by atoms with Crippen LogP contribution in [-0.2, 0) is 0 Å². The molecule has 0 saturated heterocycles. The Bertz CT molecular complexity index is 933. The van der Waals surface area contributed by atoms with E-state index in [9.17, 15) is 0 Å².